The van der Waals surface area contributed by atoms with Crippen molar-refractivity contribution in [3.8, 4) is 0 Å². The van der Waals surface area contributed by atoms with Crippen LogP contribution in [0.3, 0.4) is 0 Å². The van der Waals surface area contributed by atoms with Crippen molar-refractivity contribution >= 4 is 17.9 Å². The maximum atomic E-state index is 12.4. The van der Waals surface area contributed by atoms with E-state index in [2.05, 4.69) is 6.58 Å². The topological polar surface area (TPSA) is 99.1 Å². The molecule has 1 aliphatic heterocycles. The molecule has 1 saturated heterocycles. The number of carbonyl (C=O) groups excluding carboxylic acids is 3. The molecule has 0 aromatic heterocycles. The predicted octanol–water partition coefficient (Wildman–Crippen LogP) is 1.93. The largest absolute Gasteiger partial charge is 0.458 e. The first-order chi connectivity index (χ1) is 13.0. The monoisotopic (exact) mass is 392 g/mol. The molecule has 28 heavy (non-hydrogen) atoms. The van der Waals surface area contributed by atoms with E-state index in [4.69, 9.17) is 14.2 Å². The van der Waals surface area contributed by atoms with Gasteiger partial charge in [0.2, 0.25) is 0 Å². The third-order valence-electron chi connectivity index (χ3n) is 6.26. The molecule has 3 aliphatic rings. The van der Waals surface area contributed by atoms with E-state index in [0.717, 1.165) is 5.57 Å². The van der Waals surface area contributed by atoms with Crippen molar-refractivity contribution in [1.29, 1.82) is 0 Å². The van der Waals surface area contributed by atoms with Gasteiger partial charge < -0.3 is 19.3 Å². The maximum Gasteiger partial charge on any atom is 0.334 e. The number of allylic oxidation sites excluding steroid dienone is 1. The van der Waals surface area contributed by atoms with Gasteiger partial charge in [-0.1, -0.05) is 32.1 Å². The SMILES string of the molecule is C=C1C(=O)O[C@H]2[C@@H]1[C@@H](OC(=O)C(C)C)[C@@H](OC(C)=O)[C@@](C)(O)[C@@H]1CC=C(C)[C@H]21. The van der Waals surface area contributed by atoms with Crippen LogP contribution in [0.2, 0.25) is 0 Å². The summed E-state index contributed by atoms with van der Waals surface area (Å²) in [6.45, 7) is 12.0. The second-order valence-corrected chi connectivity index (χ2v) is 8.55. The third kappa shape index (κ3) is 3.15. The number of esters is 3. The second-order valence-electron chi connectivity index (χ2n) is 8.55. The number of fused-ring (bicyclic) bond motifs is 3. The van der Waals surface area contributed by atoms with Crippen LogP contribution in [0.5, 0.6) is 0 Å². The normalized spacial score (nSPS) is 39.6. The molecule has 0 bridgehead atoms. The van der Waals surface area contributed by atoms with Crippen molar-refractivity contribution in [2.45, 2.75) is 65.0 Å². The molecule has 2 fully saturated rings. The summed E-state index contributed by atoms with van der Waals surface area (Å²) in [7, 11) is 0. The first-order valence-corrected chi connectivity index (χ1v) is 9.63. The van der Waals surface area contributed by atoms with Crippen LogP contribution < -0.4 is 0 Å². The molecule has 1 saturated carbocycles. The lowest BCUT2D eigenvalue weighted by molar-refractivity contribution is -0.199. The molecule has 154 valence electrons. The average Bonchev–Trinajstić information content (AvgIpc) is 3.09. The Morgan fingerprint density at radius 3 is 2.54 bits per heavy atom. The maximum absolute atomic E-state index is 12.4. The summed E-state index contributed by atoms with van der Waals surface area (Å²) in [5.41, 5.74) is -0.344. The Hall–Kier alpha value is -2.15. The lowest BCUT2D eigenvalue weighted by atomic mass is 9.75. The molecule has 1 heterocycles. The Balaban J connectivity index is 2.15. The molecule has 0 aromatic carbocycles. The summed E-state index contributed by atoms with van der Waals surface area (Å²) in [6, 6.07) is 0. The lowest BCUT2D eigenvalue weighted by Crippen LogP contribution is -2.55. The molecule has 0 amide bonds. The Morgan fingerprint density at radius 2 is 1.96 bits per heavy atom. The molecular formula is C21H28O7. The molecule has 3 rings (SSSR count). The zero-order chi connectivity index (χ0) is 21.0. The van der Waals surface area contributed by atoms with E-state index in [0.29, 0.717) is 6.42 Å². The van der Waals surface area contributed by atoms with Crippen molar-refractivity contribution in [1.82, 2.24) is 0 Å². The fraction of sp³-hybridized carbons (Fsp3) is 0.667. The van der Waals surface area contributed by atoms with Gasteiger partial charge in [0.05, 0.1) is 11.8 Å². The zero-order valence-corrected chi connectivity index (χ0v) is 16.9. The Bertz CT molecular complexity index is 748. The molecule has 7 atom stereocenters. The van der Waals surface area contributed by atoms with E-state index >= 15 is 0 Å². The highest BCUT2D eigenvalue weighted by molar-refractivity contribution is 5.91. The number of hydrogen-bond donors (Lipinski definition) is 1. The van der Waals surface area contributed by atoms with Gasteiger partial charge in [-0.25, -0.2) is 4.79 Å². The van der Waals surface area contributed by atoms with Crippen LogP contribution in [0, 0.1) is 23.7 Å². The van der Waals surface area contributed by atoms with Gasteiger partial charge >= 0.3 is 17.9 Å². The average molecular weight is 392 g/mol. The molecule has 0 unspecified atom stereocenters. The van der Waals surface area contributed by atoms with Crippen molar-refractivity contribution in [2.75, 3.05) is 0 Å². The summed E-state index contributed by atoms with van der Waals surface area (Å²) in [4.78, 5) is 36.7. The minimum atomic E-state index is -1.50. The highest BCUT2D eigenvalue weighted by Crippen LogP contribution is 2.53. The van der Waals surface area contributed by atoms with E-state index in [1.165, 1.54) is 6.92 Å². The Morgan fingerprint density at radius 1 is 1.32 bits per heavy atom. The Labute approximate surface area is 164 Å². The predicted molar refractivity (Wildman–Crippen MR) is 98.8 cm³/mol. The number of rotatable bonds is 3. The van der Waals surface area contributed by atoms with Gasteiger partial charge in [0.25, 0.3) is 0 Å². The van der Waals surface area contributed by atoms with E-state index in [1.54, 1.807) is 20.8 Å². The van der Waals surface area contributed by atoms with Gasteiger partial charge in [-0.05, 0) is 20.3 Å². The van der Waals surface area contributed by atoms with Crippen molar-refractivity contribution in [3.05, 3.63) is 23.8 Å². The van der Waals surface area contributed by atoms with Crippen LogP contribution >= 0.6 is 0 Å². The van der Waals surface area contributed by atoms with Gasteiger partial charge in [-0.15, -0.1) is 0 Å². The molecule has 0 aromatic rings. The number of carbonyl (C=O) groups is 3. The molecule has 2 aliphatic carbocycles. The first-order valence-electron chi connectivity index (χ1n) is 9.63. The number of hydrogen-bond acceptors (Lipinski definition) is 7. The van der Waals surface area contributed by atoms with Crippen LogP contribution in [-0.2, 0) is 28.6 Å². The van der Waals surface area contributed by atoms with Crippen LogP contribution in [0.15, 0.2) is 23.8 Å². The van der Waals surface area contributed by atoms with Crippen LogP contribution in [-0.4, -0.2) is 46.9 Å². The van der Waals surface area contributed by atoms with Crippen LogP contribution in [0.1, 0.15) is 41.0 Å². The van der Waals surface area contributed by atoms with Crippen molar-refractivity contribution in [3.63, 3.8) is 0 Å². The Kier molecular flexibility index (Phi) is 5.17. The molecule has 1 N–H and O–H groups in total. The highest BCUT2D eigenvalue weighted by atomic mass is 16.6. The third-order valence-corrected chi connectivity index (χ3v) is 6.26. The summed E-state index contributed by atoms with van der Waals surface area (Å²) in [5.74, 6) is -3.44. The fourth-order valence-electron chi connectivity index (χ4n) is 4.79. The zero-order valence-electron chi connectivity index (χ0n) is 16.9. The standard InChI is InChI=1S/C21H28O7/c1-9(2)19(23)28-17-15-11(4)20(24)27-16(15)14-10(3)7-8-13(14)21(6,25)18(17)26-12(5)22/h7,9,13-18,25H,4,8H2,1-3,5-6H3/t13-,14+,15-,16-,17-,18-,21+/m1/s1. The van der Waals surface area contributed by atoms with E-state index in [9.17, 15) is 19.5 Å². The van der Waals surface area contributed by atoms with E-state index in [-0.39, 0.29) is 17.4 Å². The smallest absolute Gasteiger partial charge is 0.334 e. The summed E-state index contributed by atoms with van der Waals surface area (Å²) < 4.78 is 16.9. The van der Waals surface area contributed by atoms with Gasteiger partial charge in [0, 0.05) is 24.3 Å². The minimum absolute atomic E-state index is 0.167. The summed E-state index contributed by atoms with van der Waals surface area (Å²) in [5, 5.41) is 11.5. The first kappa shape index (κ1) is 20.6. The summed E-state index contributed by atoms with van der Waals surface area (Å²) >= 11 is 0. The lowest BCUT2D eigenvalue weighted by Gasteiger charge is -2.40. The van der Waals surface area contributed by atoms with Crippen molar-refractivity contribution < 1.29 is 33.7 Å². The second kappa shape index (κ2) is 7.03. The molecule has 7 nitrogen and oxygen atoms in total. The van der Waals surface area contributed by atoms with Crippen LogP contribution in [0.25, 0.3) is 0 Å². The van der Waals surface area contributed by atoms with Crippen molar-refractivity contribution in [2.24, 2.45) is 23.7 Å². The molecule has 0 radical (unpaired) electrons. The quantitative estimate of drug-likeness (QED) is 0.339. The summed E-state index contributed by atoms with van der Waals surface area (Å²) in [6.07, 6.45) is -0.321. The minimum Gasteiger partial charge on any atom is -0.458 e. The highest BCUT2D eigenvalue weighted by Gasteiger charge is 2.64. The number of aliphatic hydroxyl groups is 1. The van der Waals surface area contributed by atoms with Gasteiger partial charge in [0.1, 0.15) is 11.7 Å². The van der Waals surface area contributed by atoms with Gasteiger partial charge in [-0.3, -0.25) is 9.59 Å². The van der Waals surface area contributed by atoms with Gasteiger partial charge in [-0.2, -0.15) is 0 Å². The van der Waals surface area contributed by atoms with E-state index < -0.39 is 53.7 Å². The molecule has 0 spiro atoms. The van der Waals surface area contributed by atoms with Crippen LogP contribution in [0.4, 0.5) is 0 Å². The van der Waals surface area contributed by atoms with Gasteiger partial charge in [0.15, 0.2) is 12.2 Å². The fourth-order valence-corrected chi connectivity index (χ4v) is 4.79. The molecular weight excluding hydrogens is 364 g/mol. The van der Waals surface area contributed by atoms with E-state index in [1.807, 2.05) is 13.0 Å². The number of ether oxygens (including phenoxy) is 3. The molecule has 7 heteroatoms.